The second kappa shape index (κ2) is 4.07. The second-order valence-electron chi connectivity index (χ2n) is 4.12. The first-order valence-electron chi connectivity index (χ1n) is 5.43. The van der Waals surface area contributed by atoms with Crippen molar-refractivity contribution < 1.29 is 8.42 Å². The van der Waals surface area contributed by atoms with Gasteiger partial charge in [-0.05, 0) is 37.0 Å². The molecule has 0 aromatic heterocycles. The lowest BCUT2D eigenvalue weighted by Gasteiger charge is -2.10. The van der Waals surface area contributed by atoms with Crippen LogP contribution in [0.2, 0.25) is 0 Å². The Hall–Kier alpha value is -1.07. The molecule has 4 nitrogen and oxygen atoms in total. The average Bonchev–Trinajstić information content (AvgIpc) is 3.01. The van der Waals surface area contributed by atoms with Crippen LogP contribution in [0.25, 0.3) is 0 Å². The zero-order chi connectivity index (χ0) is 11.8. The smallest absolute Gasteiger partial charge is 0.241 e. The summed E-state index contributed by atoms with van der Waals surface area (Å²) < 4.78 is 26.8. The van der Waals surface area contributed by atoms with Crippen LogP contribution in [0.4, 0.5) is 5.69 Å². The molecule has 0 heterocycles. The van der Waals surface area contributed by atoms with E-state index in [1.54, 1.807) is 12.1 Å². The van der Waals surface area contributed by atoms with Gasteiger partial charge in [0.25, 0.3) is 0 Å². The minimum Gasteiger partial charge on any atom is -0.399 e. The van der Waals surface area contributed by atoms with Gasteiger partial charge in [0.05, 0.1) is 4.90 Å². The largest absolute Gasteiger partial charge is 0.399 e. The van der Waals surface area contributed by atoms with E-state index in [2.05, 4.69) is 4.72 Å². The van der Waals surface area contributed by atoms with Crippen molar-refractivity contribution in [1.82, 2.24) is 4.72 Å². The zero-order valence-electron chi connectivity index (χ0n) is 9.23. The summed E-state index contributed by atoms with van der Waals surface area (Å²) >= 11 is 0. The Balaban J connectivity index is 2.40. The van der Waals surface area contributed by atoms with Crippen molar-refractivity contribution in [2.24, 2.45) is 0 Å². The summed E-state index contributed by atoms with van der Waals surface area (Å²) in [6.07, 6.45) is 2.55. The molecule has 1 aromatic rings. The Labute approximate surface area is 95.9 Å². The second-order valence-corrected chi connectivity index (χ2v) is 5.80. The molecule has 2 rings (SSSR count). The highest BCUT2D eigenvalue weighted by atomic mass is 32.2. The minimum atomic E-state index is -3.39. The number of hydrogen-bond acceptors (Lipinski definition) is 3. The third-order valence-electron chi connectivity index (χ3n) is 2.66. The van der Waals surface area contributed by atoms with E-state index in [-0.39, 0.29) is 6.04 Å². The monoisotopic (exact) mass is 240 g/mol. The van der Waals surface area contributed by atoms with E-state index in [0.717, 1.165) is 18.4 Å². The van der Waals surface area contributed by atoms with Gasteiger partial charge < -0.3 is 5.73 Å². The zero-order valence-corrected chi connectivity index (χ0v) is 10.0. The molecule has 1 aromatic carbocycles. The Morgan fingerprint density at radius 1 is 1.44 bits per heavy atom. The van der Waals surface area contributed by atoms with Crippen LogP contribution in [-0.2, 0) is 16.4 Å². The van der Waals surface area contributed by atoms with Gasteiger partial charge in [-0.2, -0.15) is 0 Å². The van der Waals surface area contributed by atoms with E-state index < -0.39 is 10.0 Å². The van der Waals surface area contributed by atoms with Gasteiger partial charge in [0.2, 0.25) is 10.0 Å². The molecule has 16 heavy (non-hydrogen) atoms. The van der Waals surface area contributed by atoms with E-state index in [4.69, 9.17) is 5.73 Å². The van der Waals surface area contributed by atoms with Crippen molar-refractivity contribution in [2.45, 2.75) is 37.1 Å². The number of nitrogens with one attached hydrogen (secondary N) is 1. The van der Waals surface area contributed by atoms with Gasteiger partial charge in [-0.15, -0.1) is 0 Å². The van der Waals surface area contributed by atoms with Crippen molar-refractivity contribution in [2.75, 3.05) is 5.73 Å². The third-order valence-corrected chi connectivity index (χ3v) is 4.26. The van der Waals surface area contributed by atoms with Gasteiger partial charge >= 0.3 is 0 Å². The lowest BCUT2D eigenvalue weighted by molar-refractivity contribution is 0.580. The maximum Gasteiger partial charge on any atom is 0.241 e. The summed E-state index contributed by atoms with van der Waals surface area (Å²) in [5.74, 6) is 0. The van der Waals surface area contributed by atoms with Crippen LogP contribution in [0, 0.1) is 0 Å². The Morgan fingerprint density at radius 3 is 2.69 bits per heavy atom. The number of nitrogen functional groups attached to an aromatic ring is 1. The Kier molecular flexibility index (Phi) is 2.90. The molecule has 1 aliphatic rings. The van der Waals surface area contributed by atoms with Crippen LogP contribution in [0.5, 0.6) is 0 Å². The highest BCUT2D eigenvalue weighted by Gasteiger charge is 2.29. The summed E-state index contributed by atoms with van der Waals surface area (Å²) in [6, 6.07) is 5.16. The molecule has 5 heteroatoms. The standard InChI is InChI=1S/C11H16N2O2S/c1-2-8-3-4-9(12)7-11(8)16(14,15)13-10-5-6-10/h3-4,7,10,13H,2,5-6,12H2,1H3. The summed E-state index contributed by atoms with van der Waals surface area (Å²) in [5.41, 5.74) is 6.92. The van der Waals surface area contributed by atoms with E-state index in [1.807, 2.05) is 6.92 Å². The van der Waals surface area contributed by atoms with Crippen LogP contribution in [-0.4, -0.2) is 14.5 Å². The minimum absolute atomic E-state index is 0.121. The van der Waals surface area contributed by atoms with Crippen molar-refractivity contribution >= 4 is 15.7 Å². The average molecular weight is 240 g/mol. The molecule has 0 aliphatic heterocycles. The molecular formula is C11H16N2O2S. The highest BCUT2D eigenvalue weighted by molar-refractivity contribution is 7.89. The molecule has 0 spiro atoms. The SMILES string of the molecule is CCc1ccc(N)cc1S(=O)(=O)NC1CC1. The van der Waals surface area contributed by atoms with Gasteiger partial charge in [-0.3, -0.25) is 0 Å². The van der Waals surface area contributed by atoms with Gasteiger partial charge in [-0.25, -0.2) is 13.1 Å². The highest BCUT2D eigenvalue weighted by Crippen LogP contribution is 2.25. The molecule has 0 atom stereocenters. The predicted molar refractivity (Wildman–Crippen MR) is 63.6 cm³/mol. The van der Waals surface area contributed by atoms with E-state index in [1.165, 1.54) is 6.07 Å². The topological polar surface area (TPSA) is 72.2 Å². The molecular weight excluding hydrogens is 224 g/mol. The number of nitrogens with two attached hydrogens (primary N) is 1. The summed E-state index contributed by atoms with van der Waals surface area (Å²) in [6.45, 7) is 1.93. The first-order chi connectivity index (χ1) is 7.53. The van der Waals surface area contributed by atoms with Gasteiger partial charge in [0.1, 0.15) is 0 Å². The molecule has 0 saturated heterocycles. The fourth-order valence-corrected chi connectivity index (χ4v) is 3.25. The molecule has 88 valence electrons. The Morgan fingerprint density at radius 2 is 2.12 bits per heavy atom. The van der Waals surface area contributed by atoms with Crippen molar-refractivity contribution in [3.8, 4) is 0 Å². The van der Waals surface area contributed by atoms with Crippen LogP contribution in [0.1, 0.15) is 25.3 Å². The van der Waals surface area contributed by atoms with Crippen LogP contribution in [0.3, 0.4) is 0 Å². The summed E-state index contributed by atoms with van der Waals surface area (Å²) in [7, 11) is -3.39. The quantitative estimate of drug-likeness (QED) is 0.778. The Bertz CT molecular complexity index is 493. The maximum absolute atomic E-state index is 12.0. The molecule has 3 N–H and O–H groups in total. The van der Waals surface area contributed by atoms with Gasteiger partial charge in [0.15, 0.2) is 0 Å². The number of benzene rings is 1. The molecule has 0 radical (unpaired) electrons. The molecule has 0 bridgehead atoms. The first kappa shape index (κ1) is 11.4. The van der Waals surface area contributed by atoms with E-state index in [9.17, 15) is 8.42 Å². The fraction of sp³-hybridized carbons (Fsp3) is 0.455. The van der Waals surface area contributed by atoms with Gasteiger partial charge in [-0.1, -0.05) is 13.0 Å². The van der Waals surface area contributed by atoms with E-state index >= 15 is 0 Å². The lowest BCUT2D eigenvalue weighted by atomic mass is 10.1. The van der Waals surface area contributed by atoms with Gasteiger partial charge in [0, 0.05) is 11.7 Å². The van der Waals surface area contributed by atoms with Crippen molar-refractivity contribution in [3.05, 3.63) is 23.8 Å². The van der Waals surface area contributed by atoms with Crippen LogP contribution < -0.4 is 10.5 Å². The third kappa shape index (κ3) is 2.36. The summed E-state index contributed by atoms with van der Waals surface area (Å²) in [5, 5.41) is 0. The fourth-order valence-electron chi connectivity index (χ4n) is 1.60. The van der Waals surface area contributed by atoms with Crippen LogP contribution >= 0.6 is 0 Å². The number of hydrogen-bond donors (Lipinski definition) is 2. The van der Waals surface area contributed by atoms with E-state index in [0.29, 0.717) is 17.0 Å². The maximum atomic E-state index is 12.0. The van der Waals surface area contributed by atoms with Crippen molar-refractivity contribution in [3.63, 3.8) is 0 Å². The first-order valence-corrected chi connectivity index (χ1v) is 6.92. The lowest BCUT2D eigenvalue weighted by Crippen LogP contribution is -2.26. The molecule has 0 amide bonds. The number of rotatable bonds is 4. The predicted octanol–water partition coefficient (Wildman–Crippen LogP) is 1.27. The number of anilines is 1. The number of sulfonamides is 1. The number of aryl methyl sites for hydroxylation is 1. The summed E-state index contributed by atoms with van der Waals surface area (Å²) in [4.78, 5) is 0.321. The van der Waals surface area contributed by atoms with Crippen LogP contribution in [0.15, 0.2) is 23.1 Å². The normalized spacial score (nSPS) is 16.3. The van der Waals surface area contributed by atoms with Crippen molar-refractivity contribution in [1.29, 1.82) is 0 Å². The molecule has 1 saturated carbocycles. The molecule has 1 fully saturated rings. The molecule has 1 aliphatic carbocycles. The molecule has 0 unspecified atom stereocenters.